The molecule has 6 nitrogen and oxygen atoms in total. The molecule has 1 aliphatic rings. The Kier molecular flexibility index (Phi) is 5.59. The van der Waals surface area contributed by atoms with Gasteiger partial charge in [-0.2, -0.15) is 5.26 Å². The van der Waals surface area contributed by atoms with Crippen molar-refractivity contribution in [1.29, 1.82) is 5.26 Å². The van der Waals surface area contributed by atoms with E-state index in [2.05, 4.69) is 11.4 Å². The third-order valence-corrected chi connectivity index (χ3v) is 5.21. The molecule has 1 atom stereocenters. The monoisotopic (exact) mass is 370 g/mol. The van der Waals surface area contributed by atoms with Gasteiger partial charge in [0.1, 0.15) is 17.7 Å². The van der Waals surface area contributed by atoms with Crippen molar-refractivity contribution in [2.45, 2.75) is 32.7 Å². The average Bonchev–Trinajstić information content (AvgIpc) is 3.17. The van der Waals surface area contributed by atoms with E-state index in [9.17, 15) is 19.6 Å². The maximum absolute atomic E-state index is 13.7. The number of rotatable bonds is 5. The summed E-state index contributed by atoms with van der Waals surface area (Å²) in [6, 6.07) is 8.17. The minimum Gasteiger partial charge on any atom is -0.395 e. The van der Waals surface area contributed by atoms with Gasteiger partial charge in [-0.05, 0) is 57.0 Å². The first kappa shape index (κ1) is 19.1. The number of nitrogens with one attached hydrogen (secondary N) is 1. The zero-order chi connectivity index (χ0) is 19.6. The van der Waals surface area contributed by atoms with Crippen molar-refractivity contribution >= 4 is 11.7 Å². The summed E-state index contributed by atoms with van der Waals surface area (Å²) in [6.07, 6.45) is 1.81. The predicted molar refractivity (Wildman–Crippen MR) is 100 cm³/mol. The number of anilines is 1. The van der Waals surface area contributed by atoms with Gasteiger partial charge in [-0.3, -0.25) is 14.3 Å². The lowest BCUT2D eigenvalue weighted by molar-refractivity contribution is -0.117. The van der Waals surface area contributed by atoms with Gasteiger partial charge >= 0.3 is 0 Å². The molecule has 0 spiro atoms. The Balaban J connectivity index is 1.93. The molecule has 1 saturated heterocycles. The molecule has 0 aliphatic carbocycles. The highest BCUT2D eigenvalue weighted by Gasteiger charge is 2.27. The van der Waals surface area contributed by atoms with Gasteiger partial charge in [-0.1, -0.05) is 6.07 Å². The average molecular weight is 370 g/mol. The van der Waals surface area contributed by atoms with Crippen LogP contribution in [0, 0.1) is 31.0 Å². The van der Waals surface area contributed by atoms with E-state index in [1.54, 1.807) is 16.7 Å². The summed E-state index contributed by atoms with van der Waals surface area (Å²) in [5, 5.41) is 21.8. The van der Waals surface area contributed by atoms with Gasteiger partial charge in [0, 0.05) is 11.7 Å². The lowest BCUT2D eigenvalue weighted by Crippen LogP contribution is -2.38. The van der Waals surface area contributed by atoms with E-state index in [-0.39, 0.29) is 25.1 Å². The summed E-state index contributed by atoms with van der Waals surface area (Å²) >= 11 is 0. The summed E-state index contributed by atoms with van der Waals surface area (Å²) in [5.41, 5.74) is 2.42. The Bertz CT molecular complexity index is 900. The van der Waals surface area contributed by atoms with Crippen LogP contribution in [-0.4, -0.2) is 46.2 Å². The van der Waals surface area contributed by atoms with Crippen LogP contribution in [0.3, 0.4) is 0 Å². The quantitative estimate of drug-likeness (QED) is 0.847. The smallest absolute Gasteiger partial charge is 0.239 e. The molecule has 1 amide bonds. The van der Waals surface area contributed by atoms with Gasteiger partial charge in [-0.25, -0.2) is 4.39 Å². The van der Waals surface area contributed by atoms with Crippen molar-refractivity contribution in [1.82, 2.24) is 9.47 Å². The minimum absolute atomic E-state index is 0.00957. The molecule has 2 aromatic rings. The number of carbonyl (C=O) groups is 1. The number of aliphatic hydroxyl groups is 1. The van der Waals surface area contributed by atoms with E-state index in [4.69, 9.17) is 0 Å². The number of nitrogens with zero attached hydrogens (tertiary/aromatic N) is 3. The Morgan fingerprint density at radius 2 is 2.22 bits per heavy atom. The molecule has 1 fully saturated rings. The second kappa shape index (κ2) is 7.91. The van der Waals surface area contributed by atoms with Crippen molar-refractivity contribution in [2.24, 2.45) is 0 Å². The first-order valence-electron chi connectivity index (χ1n) is 8.99. The van der Waals surface area contributed by atoms with E-state index in [0.717, 1.165) is 30.6 Å². The lowest BCUT2D eigenvalue weighted by atomic mass is 10.2. The van der Waals surface area contributed by atoms with Crippen LogP contribution in [0.1, 0.15) is 29.7 Å². The fourth-order valence-electron chi connectivity index (χ4n) is 3.66. The molecule has 7 heteroatoms. The second-order valence-electron chi connectivity index (χ2n) is 6.86. The standard InChI is InChI=1S/C20H23FN4O2/c1-13-14(2)25(16-6-3-5-15(21)9-16)20(18(13)10-22)23-19(27)11-24-8-4-7-17(24)12-26/h3,5-6,9,17,26H,4,7-8,11-12H2,1-2H3,(H,23,27)/t17-/m0/s1. The third kappa shape index (κ3) is 3.72. The largest absolute Gasteiger partial charge is 0.395 e. The fourth-order valence-corrected chi connectivity index (χ4v) is 3.66. The number of nitriles is 1. The fraction of sp³-hybridized carbons (Fsp3) is 0.400. The van der Waals surface area contributed by atoms with Crippen LogP contribution in [-0.2, 0) is 4.79 Å². The molecule has 2 N–H and O–H groups in total. The highest BCUT2D eigenvalue weighted by atomic mass is 19.1. The normalized spacial score (nSPS) is 17.1. The van der Waals surface area contributed by atoms with Gasteiger partial charge in [0.05, 0.1) is 24.4 Å². The van der Waals surface area contributed by atoms with E-state index in [0.29, 0.717) is 17.1 Å². The van der Waals surface area contributed by atoms with Crippen LogP contribution >= 0.6 is 0 Å². The van der Waals surface area contributed by atoms with Crippen LogP contribution in [0.2, 0.25) is 0 Å². The van der Waals surface area contributed by atoms with E-state index < -0.39 is 5.82 Å². The number of aromatic nitrogens is 1. The Morgan fingerprint density at radius 3 is 2.89 bits per heavy atom. The molecule has 0 radical (unpaired) electrons. The molecule has 27 heavy (non-hydrogen) atoms. The molecule has 0 bridgehead atoms. The van der Waals surface area contributed by atoms with Crippen molar-refractivity contribution < 1.29 is 14.3 Å². The molecule has 0 unspecified atom stereocenters. The Morgan fingerprint density at radius 1 is 1.44 bits per heavy atom. The summed E-state index contributed by atoms with van der Waals surface area (Å²) in [4.78, 5) is 14.6. The maximum Gasteiger partial charge on any atom is 0.239 e. The number of halogens is 1. The molecule has 0 saturated carbocycles. The Labute approximate surface area is 157 Å². The predicted octanol–water partition coefficient (Wildman–Crippen LogP) is 2.50. The summed E-state index contributed by atoms with van der Waals surface area (Å²) in [5.74, 6) is -0.304. The van der Waals surface area contributed by atoms with Crippen LogP contribution < -0.4 is 5.32 Å². The maximum atomic E-state index is 13.7. The summed E-state index contributed by atoms with van der Waals surface area (Å²) in [7, 11) is 0. The third-order valence-electron chi connectivity index (χ3n) is 5.21. The van der Waals surface area contributed by atoms with Gasteiger partial charge in [0.15, 0.2) is 0 Å². The van der Waals surface area contributed by atoms with E-state index in [1.165, 1.54) is 12.1 Å². The van der Waals surface area contributed by atoms with Crippen LogP contribution in [0.5, 0.6) is 0 Å². The molecule has 3 rings (SSSR count). The topological polar surface area (TPSA) is 81.3 Å². The molecule has 1 aromatic carbocycles. The SMILES string of the molecule is Cc1c(C#N)c(NC(=O)CN2CCC[C@H]2CO)n(-c2cccc(F)c2)c1C. The first-order valence-corrected chi connectivity index (χ1v) is 8.99. The molecular weight excluding hydrogens is 347 g/mol. The van der Waals surface area contributed by atoms with Crippen LogP contribution in [0.25, 0.3) is 5.69 Å². The van der Waals surface area contributed by atoms with Gasteiger partial charge in [-0.15, -0.1) is 0 Å². The van der Waals surface area contributed by atoms with Crippen molar-refractivity contribution in [3.8, 4) is 11.8 Å². The van der Waals surface area contributed by atoms with Crippen LogP contribution in [0.4, 0.5) is 10.2 Å². The minimum atomic E-state index is -0.392. The summed E-state index contributed by atoms with van der Waals surface area (Å²) < 4.78 is 15.4. The number of amides is 1. The molecule has 1 aromatic heterocycles. The molecular formula is C20H23FN4O2. The zero-order valence-corrected chi connectivity index (χ0v) is 15.5. The zero-order valence-electron chi connectivity index (χ0n) is 15.5. The number of hydrogen-bond donors (Lipinski definition) is 2. The number of aliphatic hydroxyl groups excluding tert-OH is 1. The van der Waals surface area contributed by atoms with Crippen LogP contribution in [0.15, 0.2) is 24.3 Å². The number of carbonyl (C=O) groups excluding carboxylic acids is 1. The first-order chi connectivity index (χ1) is 13.0. The molecule has 2 heterocycles. The van der Waals surface area contributed by atoms with E-state index in [1.807, 2.05) is 18.7 Å². The van der Waals surface area contributed by atoms with E-state index >= 15 is 0 Å². The van der Waals surface area contributed by atoms with Gasteiger partial charge in [0.2, 0.25) is 5.91 Å². The molecule has 1 aliphatic heterocycles. The summed E-state index contributed by atoms with van der Waals surface area (Å²) in [6.45, 7) is 4.56. The Hall–Kier alpha value is -2.69. The number of benzene rings is 1. The molecule has 142 valence electrons. The van der Waals surface area contributed by atoms with Crippen molar-refractivity contribution in [2.75, 3.05) is 25.0 Å². The second-order valence-corrected chi connectivity index (χ2v) is 6.86. The number of likely N-dealkylation sites (tertiary alicyclic amines) is 1. The van der Waals surface area contributed by atoms with Crippen molar-refractivity contribution in [3.05, 3.63) is 46.9 Å². The van der Waals surface area contributed by atoms with Crippen molar-refractivity contribution in [3.63, 3.8) is 0 Å². The highest BCUT2D eigenvalue weighted by Crippen LogP contribution is 2.30. The van der Waals surface area contributed by atoms with Gasteiger partial charge in [0.25, 0.3) is 0 Å². The number of hydrogen-bond acceptors (Lipinski definition) is 4. The van der Waals surface area contributed by atoms with Gasteiger partial charge < -0.3 is 10.4 Å². The lowest BCUT2D eigenvalue weighted by Gasteiger charge is -2.22. The highest BCUT2D eigenvalue weighted by molar-refractivity contribution is 5.93.